The lowest BCUT2D eigenvalue weighted by Crippen LogP contribution is -2.52. The third-order valence-electron chi connectivity index (χ3n) is 12.9. The molecule has 17 heteroatoms. The Morgan fingerprint density at radius 1 is 0.879 bits per heavy atom. The number of benzene rings is 3. The van der Waals surface area contributed by atoms with E-state index in [0.717, 1.165) is 63.7 Å². The van der Waals surface area contributed by atoms with Crippen LogP contribution < -0.4 is 10.6 Å². The van der Waals surface area contributed by atoms with Crippen molar-refractivity contribution in [1.29, 1.82) is 0 Å². The minimum atomic E-state index is -1.13. The number of amides is 4. The Labute approximate surface area is 388 Å². The summed E-state index contributed by atoms with van der Waals surface area (Å²) < 4.78 is 21.5. The van der Waals surface area contributed by atoms with Gasteiger partial charge in [0, 0.05) is 48.0 Å². The summed E-state index contributed by atoms with van der Waals surface area (Å²) in [5.41, 5.74) is 5.72. The van der Waals surface area contributed by atoms with Gasteiger partial charge in [-0.15, -0.1) is 0 Å². The van der Waals surface area contributed by atoms with Crippen molar-refractivity contribution >= 4 is 52.3 Å². The van der Waals surface area contributed by atoms with Crippen LogP contribution in [0.5, 0.6) is 0 Å². The first kappa shape index (κ1) is 47.6. The number of aromatic amines is 2. The molecule has 0 bridgehead atoms. The second-order valence-corrected chi connectivity index (χ2v) is 19.7. The maximum Gasteiger partial charge on any atom is 0.407 e. The van der Waals surface area contributed by atoms with E-state index in [4.69, 9.17) is 19.4 Å². The smallest absolute Gasteiger partial charge is 0.407 e. The second kappa shape index (κ2) is 20.4. The Bertz CT molecular complexity index is 2590. The van der Waals surface area contributed by atoms with Crippen molar-refractivity contribution in [1.82, 2.24) is 40.4 Å². The molecule has 16 nitrogen and oxygen atoms in total. The number of nitrogens with one attached hydrogen (secondary N) is 4. The van der Waals surface area contributed by atoms with Gasteiger partial charge in [-0.2, -0.15) is 0 Å². The summed E-state index contributed by atoms with van der Waals surface area (Å²) in [5, 5.41) is 7.50. The van der Waals surface area contributed by atoms with E-state index in [1.54, 1.807) is 23.5 Å². The zero-order chi connectivity index (χ0) is 47.3. The Morgan fingerprint density at radius 3 is 2.12 bits per heavy atom. The second-order valence-electron chi connectivity index (χ2n) is 18.2. The molecule has 3 aromatic carbocycles. The molecule has 7 rings (SSSR count). The van der Waals surface area contributed by atoms with Gasteiger partial charge in [0.15, 0.2) is 0 Å². The molecule has 1 saturated carbocycles. The predicted octanol–water partition coefficient (Wildman–Crippen LogP) is 7.44. The number of fused-ring (bicyclic) bond motifs is 1. The minimum absolute atomic E-state index is 0.0247. The first-order valence-electron chi connectivity index (χ1n) is 22.4. The van der Waals surface area contributed by atoms with Crippen LogP contribution in [0.25, 0.3) is 44.4 Å². The molecule has 6 unspecified atom stereocenters. The van der Waals surface area contributed by atoms with Crippen molar-refractivity contribution in [2.75, 3.05) is 45.9 Å². The normalized spacial score (nSPS) is 17.5. The third-order valence-corrected chi connectivity index (χ3v) is 13.7. The SMILES string of the molecule is C=NCC(C)CN(C(=O)C(NC(=O)OC)C(C)C)C(C)c1ncc(-c2ccc3cc(-c4ccc(-c5cnc(C6CC7(CC7)CN6C(=O)C(CCS(C)=O)NC(=O)OC)[nH]5)cc4)ccc3c2)[nH]1. The molecule has 2 aromatic heterocycles. The Kier molecular flexibility index (Phi) is 14.7. The number of methoxy groups -OCH3 is 2. The number of likely N-dealkylation sites (tertiary alicyclic amines) is 1. The van der Waals surface area contributed by atoms with Crippen molar-refractivity contribution < 1.29 is 32.9 Å². The monoisotopic (exact) mass is 919 g/mol. The molecule has 350 valence electrons. The van der Waals surface area contributed by atoms with Gasteiger partial charge in [-0.1, -0.05) is 69.3 Å². The number of imidazole rings is 2. The van der Waals surface area contributed by atoms with Crippen molar-refractivity contribution in [3.05, 3.63) is 84.7 Å². The molecule has 3 heterocycles. The zero-order valence-corrected chi connectivity index (χ0v) is 39.6. The molecule has 0 radical (unpaired) electrons. The van der Waals surface area contributed by atoms with Crippen LogP contribution in [0.1, 0.15) is 77.1 Å². The highest BCUT2D eigenvalue weighted by Crippen LogP contribution is 2.58. The molecule has 1 spiro atoms. The summed E-state index contributed by atoms with van der Waals surface area (Å²) in [6, 6.07) is 18.6. The molecule has 66 heavy (non-hydrogen) atoms. The summed E-state index contributed by atoms with van der Waals surface area (Å²) in [7, 11) is 1.41. The summed E-state index contributed by atoms with van der Waals surface area (Å²) in [6.45, 7) is 12.8. The Balaban J connectivity index is 1.05. The van der Waals surface area contributed by atoms with Crippen LogP contribution in [-0.2, 0) is 29.9 Å². The number of hydrogen-bond donors (Lipinski definition) is 4. The summed E-state index contributed by atoms with van der Waals surface area (Å²) in [6.07, 6.45) is 6.91. The molecule has 1 saturated heterocycles. The van der Waals surface area contributed by atoms with Crippen LogP contribution in [0.15, 0.2) is 78.0 Å². The molecule has 1 aliphatic heterocycles. The van der Waals surface area contributed by atoms with E-state index in [1.807, 2.05) is 32.6 Å². The maximum atomic E-state index is 14.0. The molecular formula is C49H61N9O7S. The Hall–Kier alpha value is -6.36. The van der Waals surface area contributed by atoms with Gasteiger partial charge < -0.3 is 44.9 Å². The van der Waals surface area contributed by atoms with Gasteiger partial charge in [-0.3, -0.25) is 13.8 Å². The molecule has 4 amide bonds. The van der Waals surface area contributed by atoms with Crippen molar-refractivity contribution in [2.24, 2.45) is 22.2 Å². The van der Waals surface area contributed by atoms with Crippen molar-refractivity contribution in [2.45, 2.75) is 77.5 Å². The van der Waals surface area contributed by atoms with Gasteiger partial charge in [0.1, 0.15) is 23.7 Å². The highest BCUT2D eigenvalue weighted by atomic mass is 32.2. The molecular weight excluding hydrogens is 859 g/mol. The molecule has 5 aromatic rings. The summed E-state index contributed by atoms with van der Waals surface area (Å²) in [5.74, 6) is 0.980. The van der Waals surface area contributed by atoms with E-state index in [1.165, 1.54) is 14.2 Å². The van der Waals surface area contributed by atoms with E-state index in [-0.39, 0.29) is 47.3 Å². The fourth-order valence-corrected chi connectivity index (χ4v) is 9.44. The van der Waals surface area contributed by atoms with E-state index < -0.39 is 41.1 Å². The number of hydrogen-bond acceptors (Lipinski definition) is 10. The van der Waals surface area contributed by atoms with Gasteiger partial charge in [0.2, 0.25) is 11.8 Å². The predicted molar refractivity (Wildman–Crippen MR) is 256 cm³/mol. The van der Waals surface area contributed by atoms with E-state index in [9.17, 15) is 23.4 Å². The maximum absolute atomic E-state index is 14.0. The van der Waals surface area contributed by atoms with Crippen LogP contribution in [-0.4, -0.2) is 123 Å². The lowest BCUT2D eigenvalue weighted by atomic mass is 9.98. The minimum Gasteiger partial charge on any atom is -0.453 e. The third kappa shape index (κ3) is 10.8. The Morgan fingerprint density at radius 2 is 1.48 bits per heavy atom. The van der Waals surface area contributed by atoms with Crippen LogP contribution in [0, 0.1) is 17.3 Å². The fourth-order valence-electron chi connectivity index (χ4n) is 8.88. The number of carbonyl (C=O) groups excluding carboxylic acids is 4. The van der Waals surface area contributed by atoms with Gasteiger partial charge >= 0.3 is 12.2 Å². The molecule has 2 fully saturated rings. The van der Waals surface area contributed by atoms with Gasteiger partial charge in [0.25, 0.3) is 0 Å². The van der Waals surface area contributed by atoms with Crippen molar-refractivity contribution in [3.8, 4) is 33.6 Å². The van der Waals surface area contributed by atoms with E-state index >= 15 is 0 Å². The van der Waals surface area contributed by atoms with E-state index in [2.05, 4.69) is 93.0 Å². The van der Waals surface area contributed by atoms with Crippen LogP contribution in [0.2, 0.25) is 0 Å². The highest BCUT2D eigenvalue weighted by molar-refractivity contribution is 7.84. The lowest BCUT2D eigenvalue weighted by molar-refractivity contribution is -0.137. The number of aliphatic imine (C=N–C) groups is 1. The summed E-state index contributed by atoms with van der Waals surface area (Å²) in [4.78, 5) is 76.4. The van der Waals surface area contributed by atoms with Crippen LogP contribution in [0.3, 0.4) is 0 Å². The number of rotatable bonds is 18. The number of alkyl carbamates (subject to hydrolysis) is 2. The van der Waals surface area contributed by atoms with Crippen molar-refractivity contribution in [3.63, 3.8) is 0 Å². The van der Waals surface area contributed by atoms with E-state index in [0.29, 0.717) is 31.3 Å². The average molecular weight is 920 g/mol. The fraction of sp³-hybridized carbons (Fsp3) is 0.449. The largest absolute Gasteiger partial charge is 0.453 e. The first-order chi connectivity index (χ1) is 31.6. The topological polar surface area (TPSA) is 204 Å². The van der Waals surface area contributed by atoms with Gasteiger partial charge in [0.05, 0.1) is 50.1 Å². The number of nitrogens with zero attached hydrogens (tertiary/aromatic N) is 5. The molecule has 6 atom stereocenters. The first-order valence-corrected chi connectivity index (χ1v) is 24.1. The molecule has 2 aliphatic rings. The summed E-state index contributed by atoms with van der Waals surface area (Å²) >= 11 is 0. The average Bonchev–Trinajstić information content (AvgIpc) is 3.64. The number of H-pyrrole nitrogens is 2. The quantitative estimate of drug-likeness (QED) is 0.0644. The van der Waals surface area contributed by atoms with Gasteiger partial charge in [-0.05, 0) is 96.2 Å². The zero-order valence-electron chi connectivity index (χ0n) is 38.8. The highest BCUT2D eigenvalue weighted by Gasteiger charge is 2.55. The lowest BCUT2D eigenvalue weighted by Gasteiger charge is -2.34. The molecule has 1 aliphatic carbocycles. The molecule has 4 N–H and O–H groups in total. The number of aromatic nitrogens is 4. The standard InChI is InChI=1S/C49H61N9O7S/c1-29(2)42(56-48(62)65-7)46(60)57(27-30(3)24-50-5)31(4)43-51-26-40(53-43)37-16-15-35-21-34(13-14-36(35)22-37)32-9-11-33(12-10-32)39-25-52-44(54-39)41-23-49(18-19-49)28-58(41)45(59)38(17-20-66(8)63)55-47(61)64-6/h9-16,21-22,25-26,29-31,38,41-42H,5,17-20,23-24,27-28H2,1-4,6-8H3,(H,51,53)(H,52,54)(H,55,61)(H,56,62). The number of carbonyl (C=O) groups is 4. The van der Waals surface area contributed by atoms with Crippen LogP contribution >= 0.6 is 0 Å². The number of ether oxygens (including phenoxy) is 2. The van der Waals surface area contributed by atoms with Crippen LogP contribution in [0.4, 0.5) is 9.59 Å². The van der Waals surface area contributed by atoms with Gasteiger partial charge in [-0.25, -0.2) is 19.6 Å².